The van der Waals surface area contributed by atoms with Crippen LogP contribution in [0.3, 0.4) is 0 Å². The molecule has 41 heavy (non-hydrogen) atoms. The molecule has 2 unspecified atom stereocenters. The van der Waals surface area contributed by atoms with Gasteiger partial charge in [-0.2, -0.15) is 0 Å². The smallest absolute Gasteiger partial charge is 0.131 e. The van der Waals surface area contributed by atoms with Crippen molar-refractivity contribution in [1.29, 1.82) is 0 Å². The van der Waals surface area contributed by atoms with E-state index in [-0.39, 0.29) is 11.6 Å². The predicted molar refractivity (Wildman–Crippen MR) is 176 cm³/mol. The summed E-state index contributed by atoms with van der Waals surface area (Å²) in [5, 5.41) is 9.50. The first kappa shape index (κ1) is 26.4. The average molecular weight is 589 g/mol. The van der Waals surface area contributed by atoms with Crippen LogP contribution in [0.1, 0.15) is 0 Å². The molecule has 0 fully saturated rings. The molecule has 0 spiro atoms. The van der Waals surface area contributed by atoms with E-state index in [4.69, 9.17) is 0 Å². The second-order valence-corrected chi connectivity index (χ2v) is 16.1. The van der Waals surface area contributed by atoms with Gasteiger partial charge in [0.25, 0.3) is 0 Å². The first-order valence-electron chi connectivity index (χ1n) is 13.4. The molecule has 0 amide bonds. The van der Waals surface area contributed by atoms with Gasteiger partial charge < -0.3 is 0 Å². The van der Waals surface area contributed by atoms with Gasteiger partial charge in [0, 0.05) is 10.6 Å². The SMILES string of the molecule is Fc1ccccc1P1c2ccccc2P(c2ccccc2)c2ccccc2P(c2ccccc2F)c2ccccc21. The lowest BCUT2D eigenvalue weighted by molar-refractivity contribution is 0.636. The van der Waals surface area contributed by atoms with Crippen LogP contribution >= 0.6 is 23.8 Å². The minimum absolute atomic E-state index is 0.209. The van der Waals surface area contributed by atoms with Crippen LogP contribution in [0.25, 0.3) is 0 Å². The third kappa shape index (κ3) is 4.75. The van der Waals surface area contributed by atoms with Crippen LogP contribution in [0.2, 0.25) is 0 Å². The van der Waals surface area contributed by atoms with E-state index in [1.165, 1.54) is 15.9 Å². The third-order valence-corrected chi connectivity index (χ3v) is 15.6. The topological polar surface area (TPSA) is 0 Å². The molecule has 198 valence electrons. The Balaban J connectivity index is 1.67. The maximum absolute atomic E-state index is 15.8. The van der Waals surface area contributed by atoms with E-state index in [0.29, 0.717) is 10.6 Å². The maximum Gasteiger partial charge on any atom is 0.131 e. The second kappa shape index (κ2) is 11.4. The molecule has 0 saturated heterocycles. The highest BCUT2D eigenvalue weighted by atomic mass is 31.1. The van der Waals surface area contributed by atoms with Crippen LogP contribution in [0.4, 0.5) is 8.78 Å². The maximum atomic E-state index is 15.8. The van der Waals surface area contributed by atoms with Crippen LogP contribution < -0.4 is 47.7 Å². The van der Waals surface area contributed by atoms with Gasteiger partial charge in [-0.05, 0) is 73.0 Å². The van der Waals surface area contributed by atoms with Crippen molar-refractivity contribution in [2.24, 2.45) is 0 Å². The monoisotopic (exact) mass is 588 g/mol. The Hall–Kier alpha value is -3.53. The van der Waals surface area contributed by atoms with E-state index >= 15 is 8.78 Å². The summed E-state index contributed by atoms with van der Waals surface area (Å²) in [6.45, 7) is 0. The van der Waals surface area contributed by atoms with Crippen LogP contribution in [0, 0.1) is 11.6 Å². The van der Waals surface area contributed by atoms with Crippen molar-refractivity contribution in [2.75, 3.05) is 0 Å². The van der Waals surface area contributed by atoms with Crippen molar-refractivity contribution in [3.05, 3.63) is 163 Å². The Bertz CT molecular complexity index is 1740. The number of halogens is 2. The molecule has 0 bridgehead atoms. The largest absolute Gasteiger partial charge is 0.206 e. The summed E-state index contributed by atoms with van der Waals surface area (Å²) >= 11 is 0. The zero-order valence-electron chi connectivity index (χ0n) is 22.0. The molecular weight excluding hydrogens is 563 g/mol. The fourth-order valence-electron chi connectivity index (χ4n) is 5.56. The molecule has 1 heterocycles. The molecule has 5 heteroatoms. The van der Waals surface area contributed by atoms with Crippen LogP contribution in [0.15, 0.2) is 152 Å². The van der Waals surface area contributed by atoms with Gasteiger partial charge in [-0.15, -0.1) is 0 Å². The Kier molecular flexibility index (Phi) is 7.33. The van der Waals surface area contributed by atoms with Crippen molar-refractivity contribution in [1.82, 2.24) is 0 Å². The molecule has 2 atom stereocenters. The van der Waals surface area contributed by atoms with Crippen molar-refractivity contribution < 1.29 is 8.78 Å². The fourth-order valence-corrected chi connectivity index (χ4v) is 14.5. The van der Waals surface area contributed by atoms with E-state index in [9.17, 15) is 0 Å². The summed E-state index contributed by atoms with van der Waals surface area (Å²) in [6, 6.07) is 50.4. The predicted octanol–water partition coefficient (Wildman–Crippen LogP) is 5.55. The van der Waals surface area contributed by atoms with E-state index in [0.717, 1.165) is 21.2 Å². The quantitative estimate of drug-likeness (QED) is 0.238. The van der Waals surface area contributed by atoms with Gasteiger partial charge >= 0.3 is 0 Å². The third-order valence-electron chi connectivity index (χ3n) is 7.29. The van der Waals surface area contributed by atoms with Gasteiger partial charge in [0.1, 0.15) is 11.6 Å². The van der Waals surface area contributed by atoms with Gasteiger partial charge in [-0.25, -0.2) is 8.78 Å². The Morgan fingerprint density at radius 3 is 0.878 bits per heavy atom. The minimum atomic E-state index is -1.29. The highest BCUT2D eigenvalue weighted by molar-refractivity contribution is 7.90. The summed E-state index contributed by atoms with van der Waals surface area (Å²) in [6.07, 6.45) is 0. The lowest BCUT2D eigenvalue weighted by atomic mass is 10.3. The number of benzene rings is 6. The number of hydrogen-bond donors (Lipinski definition) is 0. The summed E-state index contributed by atoms with van der Waals surface area (Å²) < 4.78 is 31.7. The zero-order valence-corrected chi connectivity index (χ0v) is 24.7. The van der Waals surface area contributed by atoms with E-state index < -0.39 is 23.8 Å². The van der Waals surface area contributed by atoms with Crippen LogP contribution in [0.5, 0.6) is 0 Å². The Labute approximate surface area is 243 Å². The van der Waals surface area contributed by atoms with Gasteiger partial charge in [-0.3, -0.25) is 0 Å². The van der Waals surface area contributed by atoms with E-state index in [2.05, 4.69) is 84.9 Å². The summed E-state index contributed by atoms with van der Waals surface area (Å²) in [5.41, 5.74) is 0. The van der Waals surface area contributed by atoms with Crippen molar-refractivity contribution in [3.63, 3.8) is 0 Å². The molecule has 0 N–H and O–H groups in total. The Morgan fingerprint density at radius 2 is 0.537 bits per heavy atom. The van der Waals surface area contributed by atoms with Crippen molar-refractivity contribution in [2.45, 2.75) is 0 Å². The van der Waals surface area contributed by atoms with E-state index in [1.807, 2.05) is 42.5 Å². The summed E-state index contributed by atoms with van der Waals surface area (Å²) in [5.74, 6) is -0.418. The molecule has 6 aromatic carbocycles. The summed E-state index contributed by atoms with van der Waals surface area (Å²) in [4.78, 5) is 0. The molecule has 0 aromatic heterocycles. The first-order valence-corrected chi connectivity index (χ1v) is 17.5. The molecule has 0 nitrogen and oxygen atoms in total. The highest BCUT2D eigenvalue weighted by Crippen LogP contribution is 2.45. The fraction of sp³-hybridized carbons (Fsp3) is 0. The van der Waals surface area contributed by atoms with Crippen molar-refractivity contribution in [3.8, 4) is 0 Å². The van der Waals surface area contributed by atoms with Crippen LogP contribution in [-0.4, -0.2) is 0 Å². The molecule has 0 radical (unpaired) electrons. The van der Waals surface area contributed by atoms with Gasteiger partial charge in [-0.1, -0.05) is 140 Å². The molecule has 0 aliphatic carbocycles. The zero-order chi connectivity index (χ0) is 27.8. The first-order chi connectivity index (χ1) is 20.2. The number of fused-ring (bicyclic) bond motifs is 3. The average Bonchev–Trinajstić information content (AvgIpc) is 3.06. The molecule has 7 rings (SSSR count). The second-order valence-electron chi connectivity index (χ2n) is 9.71. The minimum Gasteiger partial charge on any atom is -0.206 e. The molecule has 6 aromatic rings. The highest BCUT2D eigenvalue weighted by Gasteiger charge is 2.35. The standard InChI is InChI=1S/C36H25F2P3/c37-27-16-4-6-18-29(27)40-33-22-10-8-20-31(33)39(26-14-2-1-3-15-26)32-21-9-11-23-34(32)41(30-19-7-5-17-28(30)38)36-25-13-12-24-35(36)40/h1-25H. The van der Waals surface area contributed by atoms with Gasteiger partial charge in [0.15, 0.2) is 0 Å². The molecule has 1 aliphatic heterocycles. The Morgan fingerprint density at radius 1 is 0.268 bits per heavy atom. The van der Waals surface area contributed by atoms with Gasteiger partial charge in [0.2, 0.25) is 0 Å². The molecule has 1 aliphatic rings. The normalized spacial score (nSPS) is 17.8. The van der Waals surface area contributed by atoms with Crippen LogP contribution in [-0.2, 0) is 0 Å². The van der Waals surface area contributed by atoms with Crippen molar-refractivity contribution >= 4 is 71.5 Å². The molecular formula is C36H25F2P3. The van der Waals surface area contributed by atoms with Gasteiger partial charge in [0.05, 0.1) is 0 Å². The lowest BCUT2D eigenvalue weighted by Gasteiger charge is -2.27. The summed E-state index contributed by atoms with van der Waals surface area (Å²) in [7, 11) is -3.61. The van der Waals surface area contributed by atoms with E-state index in [1.54, 1.807) is 24.3 Å². The molecule has 0 saturated carbocycles. The number of rotatable bonds is 3. The lowest BCUT2D eigenvalue weighted by Crippen LogP contribution is -2.37. The number of hydrogen-bond acceptors (Lipinski definition) is 0.